The second-order valence-corrected chi connectivity index (χ2v) is 9.43. The molecule has 0 aromatic heterocycles. The van der Waals surface area contributed by atoms with Gasteiger partial charge >= 0.3 is 0 Å². The minimum atomic E-state index is -1.15. The van der Waals surface area contributed by atoms with Crippen molar-refractivity contribution in [1.29, 1.82) is 0 Å². The lowest BCUT2D eigenvalue weighted by Crippen LogP contribution is -2.57. The lowest BCUT2D eigenvalue weighted by molar-refractivity contribution is -0.132. The van der Waals surface area contributed by atoms with Crippen molar-refractivity contribution in [2.45, 2.75) is 18.3 Å². The van der Waals surface area contributed by atoms with Gasteiger partial charge in [-0.1, -0.05) is 70.5 Å². The van der Waals surface area contributed by atoms with Crippen molar-refractivity contribution in [3.63, 3.8) is 0 Å². The Balaban J connectivity index is 1.68. The molecule has 2 atom stereocenters. The molecule has 1 aliphatic heterocycles. The summed E-state index contributed by atoms with van der Waals surface area (Å²) in [6.07, 6.45) is 0. The largest absolute Gasteiger partial charge is 0.299 e. The van der Waals surface area contributed by atoms with E-state index in [0.29, 0.717) is 5.69 Å². The van der Waals surface area contributed by atoms with E-state index in [4.69, 9.17) is 0 Å². The zero-order chi connectivity index (χ0) is 21.5. The van der Waals surface area contributed by atoms with Gasteiger partial charge in [-0.25, -0.2) is 4.90 Å². The van der Waals surface area contributed by atoms with Gasteiger partial charge in [-0.05, 0) is 47.4 Å². The SMILES string of the molecule is CC(=O)C12c3ccccc3C(c3ccccc31)C1C(=O)N(c3cccc(Br)c3)C(=O)C12. The molecule has 152 valence electrons. The second kappa shape index (κ2) is 6.24. The van der Waals surface area contributed by atoms with Crippen LogP contribution in [0.1, 0.15) is 35.1 Å². The van der Waals surface area contributed by atoms with E-state index in [9.17, 15) is 14.4 Å². The molecule has 2 bridgehead atoms. The molecule has 0 radical (unpaired) electrons. The molecule has 0 spiro atoms. The van der Waals surface area contributed by atoms with Crippen LogP contribution >= 0.6 is 15.9 Å². The average Bonchev–Trinajstić information content (AvgIpc) is 3.04. The van der Waals surface area contributed by atoms with E-state index in [1.807, 2.05) is 54.6 Å². The fraction of sp³-hybridized carbons (Fsp3) is 0.192. The molecule has 2 amide bonds. The number of halogens is 1. The van der Waals surface area contributed by atoms with Crippen molar-refractivity contribution in [2.24, 2.45) is 11.8 Å². The number of ketones is 1. The number of imide groups is 1. The van der Waals surface area contributed by atoms with Crippen LogP contribution in [-0.2, 0) is 19.8 Å². The van der Waals surface area contributed by atoms with Crippen molar-refractivity contribution in [1.82, 2.24) is 0 Å². The molecule has 7 rings (SSSR count). The van der Waals surface area contributed by atoms with Crippen LogP contribution in [0.2, 0.25) is 0 Å². The molecule has 3 aromatic rings. The number of Topliss-reactive ketones (excluding diaryl/α,β-unsaturated/α-hetero) is 1. The first-order chi connectivity index (χ1) is 15.0. The van der Waals surface area contributed by atoms with E-state index in [-0.39, 0.29) is 23.5 Å². The van der Waals surface area contributed by atoms with Gasteiger partial charge in [0.2, 0.25) is 11.8 Å². The second-order valence-electron chi connectivity index (χ2n) is 8.51. The van der Waals surface area contributed by atoms with E-state index >= 15 is 0 Å². The Kier molecular flexibility index (Phi) is 3.76. The van der Waals surface area contributed by atoms with Crippen LogP contribution in [0.3, 0.4) is 0 Å². The smallest absolute Gasteiger partial charge is 0.239 e. The summed E-state index contributed by atoms with van der Waals surface area (Å²) >= 11 is 3.44. The van der Waals surface area contributed by atoms with E-state index in [0.717, 1.165) is 26.7 Å². The maximum absolute atomic E-state index is 13.9. The Bertz CT molecular complexity index is 1270. The first-order valence-electron chi connectivity index (χ1n) is 10.3. The monoisotopic (exact) mass is 471 g/mol. The highest BCUT2D eigenvalue weighted by atomic mass is 79.9. The van der Waals surface area contributed by atoms with Gasteiger partial charge in [-0.3, -0.25) is 14.4 Å². The summed E-state index contributed by atoms with van der Waals surface area (Å²) in [7, 11) is 0. The minimum absolute atomic E-state index is 0.0993. The molecule has 4 nitrogen and oxygen atoms in total. The van der Waals surface area contributed by atoms with Crippen LogP contribution in [0.15, 0.2) is 77.3 Å². The summed E-state index contributed by atoms with van der Waals surface area (Å²) < 4.78 is 0.788. The van der Waals surface area contributed by atoms with E-state index < -0.39 is 17.3 Å². The van der Waals surface area contributed by atoms with E-state index in [2.05, 4.69) is 15.9 Å². The number of carbonyl (C=O) groups is 3. The predicted octanol–water partition coefficient (Wildman–Crippen LogP) is 4.59. The summed E-state index contributed by atoms with van der Waals surface area (Å²) in [6, 6.07) is 22.8. The lowest BCUT2D eigenvalue weighted by atomic mass is 9.46. The lowest BCUT2D eigenvalue weighted by Gasteiger charge is -2.52. The third-order valence-corrected chi connectivity index (χ3v) is 7.73. The standard InChI is InChI=1S/C26H18BrNO3/c1-14(29)26-19-11-4-2-9-17(19)21(18-10-3-5-12-20(18)26)22-23(26)25(31)28(24(22)30)16-8-6-7-15(27)13-16/h2-13,21-23H,1H3. The van der Waals surface area contributed by atoms with Crippen molar-refractivity contribution in [2.75, 3.05) is 4.90 Å². The molecule has 3 aromatic carbocycles. The molecule has 3 aliphatic carbocycles. The van der Waals surface area contributed by atoms with Gasteiger partial charge in [-0.15, -0.1) is 0 Å². The summed E-state index contributed by atoms with van der Waals surface area (Å²) in [6.45, 7) is 1.55. The Hall–Kier alpha value is -3.05. The van der Waals surface area contributed by atoms with Crippen LogP contribution in [0, 0.1) is 11.8 Å². The molecule has 1 saturated heterocycles. The van der Waals surface area contributed by atoms with E-state index in [1.54, 1.807) is 25.1 Å². The molecule has 5 heteroatoms. The van der Waals surface area contributed by atoms with Gasteiger partial charge in [0.15, 0.2) is 0 Å². The fourth-order valence-corrected chi connectivity index (χ4v) is 6.63. The topological polar surface area (TPSA) is 54.5 Å². The molecular weight excluding hydrogens is 454 g/mol. The maximum Gasteiger partial charge on any atom is 0.239 e. The average molecular weight is 472 g/mol. The number of hydrogen-bond acceptors (Lipinski definition) is 3. The minimum Gasteiger partial charge on any atom is -0.299 e. The van der Waals surface area contributed by atoms with Gasteiger partial charge in [0.25, 0.3) is 0 Å². The normalized spacial score (nSPS) is 27.7. The van der Waals surface area contributed by atoms with Crippen molar-refractivity contribution in [3.05, 3.63) is 99.5 Å². The Morgan fingerprint density at radius 2 is 1.48 bits per heavy atom. The fourth-order valence-electron chi connectivity index (χ4n) is 6.24. The number of benzene rings is 3. The summed E-state index contributed by atoms with van der Waals surface area (Å²) in [5.74, 6) is -2.21. The number of hydrogen-bond donors (Lipinski definition) is 0. The molecule has 1 heterocycles. The first-order valence-corrected chi connectivity index (χ1v) is 11.1. The van der Waals surface area contributed by atoms with Gasteiger partial charge in [-0.2, -0.15) is 0 Å². The molecule has 31 heavy (non-hydrogen) atoms. The van der Waals surface area contributed by atoms with Gasteiger partial charge in [0.05, 0.1) is 22.9 Å². The van der Waals surface area contributed by atoms with Crippen LogP contribution in [0.4, 0.5) is 5.69 Å². The Morgan fingerprint density at radius 1 is 0.871 bits per heavy atom. The van der Waals surface area contributed by atoms with Crippen LogP contribution in [0.25, 0.3) is 0 Å². The number of anilines is 1. The molecule has 0 N–H and O–H groups in total. The quantitative estimate of drug-likeness (QED) is 0.513. The van der Waals surface area contributed by atoms with Gasteiger partial charge in [0.1, 0.15) is 5.78 Å². The molecule has 2 unspecified atom stereocenters. The number of amides is 2. The molecule has 1 fully saturated rings. The zero-order valence-electron chi connectivity index (χ0n) is 16.7. The highest BCUT2D eigenvalue weighted by Crippen LogP contribution is 2.64. The zero-order valence-corrected chi connectivity index (χ0v) is 18.3. The maximum atomic E-state index is 13.9. The van der Waals surface area contributed by atoms with Crippen molar-refractivity contribution < 1.29 is 14.4 Å². The van der Waals surface area contributed by atoms with Crippen molar-refractivity contribution >= 4 is 39.2 Å². The number of nitrogens with zero attached hydrogens (tertiary/aromatic N) is 1. The third-order valence-electron chi connectivity index (χ3n) is 7.24. The Labute approximate surface area is 188 Å². The number of rotatable bonds is 2. The molecular formula is C26H18BrNO3. The molecule has 0 saturated carbocycles. The van der Waals surface area contributed by atoms with Gasteiger partial charge < -0.3 is 0 Å². The third kappa shape index (κ3) is 2.12. The van der Waals surface area contributed by atoms with Crippen molar-refractivity contribution in [3.8, 4) is 0 Å². The summed E-state index contributed by atoms with van der Waals surface area (Å²) in [4.78, 5) is 42.5. The highest BCUT2D eigenvalue weighted by molar-refractivity contribution is 9.10. The number of carbonyl (C=O) groups excluding carboxylic acids is 3. The van der Waals surface area contributed by atoms with Crippen LogP contribution in [0.5, 0.6) is 0 Å². The highest BCUT2D eigenvalue weighted by Gasteiger charge is 2.69. The summed E-state index contributed by atoms with van der Waals surface area (Å²) in [5, 5.41) is 0. The first kappa shape index (κ1) is 18.7. The van der Waals surface area contributed by atoms with Crippen LogP contribution in [-0.4, -0.2) is 17.6 Å². The molecule has 4 aliphatic rings. The Morgan fingerprint density at radius 3 is 2.06 bits per heavy atom. The van der Waals surface area contributed by atoms with Gasteiger partial charge in [0, 0.05) is 10.4 Å². The summed E-state index contributed by atoms with van der Waals surface area (Å²) in [5.41, 5.74) is 3.07. The van der Waals surface area contributed by atoms with E-state index in [1.165, 1.54) is 4.90 Å². The van der Waals surface area contributed by atoms with Crippen LogP contribution < -0.4 is 4.90 Å². The predicted molar refractivity (Wildman–Crippen MR) is 120 cm³/mol.